The predicted octanol–water partition coefficient (Wildman–Crippen LogP) is 2.74. The smallest absolute Gasteiger partial charge is 0.248 e. The molecule has 1 aliphatic heterocycles. The molecule has 0 aromatic heterocycles. The highest BCUT2D eigenvalue weighted by Gasteiger charge is 2.27. The zero-order valence-electron chi connectivity index (χ0n) is 17.1. The highest BCUT2D eigenvalue weighted by atomic mass is 16.5. The summed E-state index contributed by atoms with van der Waals surface area (Å²) in [6.07, 6.45) is 1.56. The van der Waals surface area contributed by atoms with Crippen molar-refractivity contribution in [3.05, 3.63) is 59.7 Å². The summed E-state index contributed by atoms with van der Waals surface area (Å²) in [6, 6.07) is 14.4. The second-order valence-corrected chi connectivity index (χ2v) is 7.45. The molecule has 1 fully saturated rings. The number of likely N-dealkylation sites (tertiary alicyclic amines) is 1. The van der Waals surface area contributed by atoms with E-state index < -0.39 is 5.91 Å². The van der Waals surface area contributed by atoms with Crippen LogP contribution in [0, 0.1) is 12.8 Å². The van der Waals surface area contributed by atoms with Crippen LogP contribution in [0.5, 0.6) is 5.75 Å². The molecule has 0 bridgehead atoms. The molecule has 1 saturated heterocycles. The zero-order valence-corrected chi connectivity index (χ0v) is 17.1. The lowest BCUT2D eigenvalue weighted by Gasteiger charge is -2.31. The first kappa shape index (κ1) is 21.4. The summed E-state index contributed by atoms with van der Waals surface area (Å²) in [4.78, 5) is 38.1. The fourth-order valence-electron chi connectivity index (χ4n) is 3.58. The molecule has 2 aromatic rings. The van der Waals surface area contributed by atoms with E-state index in [2.05, 4.69) is 5.32 Å². The lowest BCUT2D eigenvalue weighted by Crippen LogP contribution is -2.41. The Kier molecular flexibility index (Phi) is 7.06. The number of nitrogens with two attached hydrogens (primary N) is 1. The molecule has 7 heteroatoms. The molecule has 0 saturated carbocycles. The number of para-hydroxylation sites is 1. The van der Waals surface area contributed by atoms with Crippen LogP contribution in [0.1, 0.15) is 35.2 Å². The minimum atomic E-state index is -0.489. The number of primary amides is 1. The van der Waals surface area contributed by atoms with Gasteiger partial charge in [0.05, 0.1) is 13.0 Å². The summed E-state index contributed by atoms with van der Waals surface area (Å²) >= 11 is 0. The molecule has 3 rings (SSSR count). The monoisotopic (exact) mass is 409 g/mol. The van der Waals surface area contributed by atoms with Gasteiger partial charge in [0.25, 0.3) is 0 Å². The van der Waals surface area contributed by atoms with Crippen molar-refractivity contribution in [3.8, 4) is 5.75 Å². The van der Waals surface area contributed by atoms with Crippen LogP contribution in [-0.2, 0) is 9.59 Å². The fourth-order valence-corrected chi connectivity index (χ4v) is 3.58. The molecule has 0 aliphatic carbocycles. The van der Waals surface area contributed by atoms with Crippen molar-refractivity contribution in [2.45, 2.75) is 26.2 Å². The summed E-state index contributed by atoms with van der Waals surface area (Å²) in [5.41, 5.74) is 7.11. The van der Waals surface area contributed by atoms with E-state index in [9.17, 15) is 14.4 Å². The first-order valence-electron chi connectivity index (χ1n) is 10.1. The molecule has 1 heterocycles. The standard InChI is InChI=1S/C23H27N3O4/c1-16-15-18(7-8-20(16)22(24)28)25-23(29)17-9-12-26(13-10-17)21(27)11-14-30-19-5-3-2-4-6-19/h2-8,15,17H,9-14H2,1H3,(H2,24,28)(H,25,29). The number of amides is 3. The van der Waals surface area contributed by atoms with Gasteiger partial charge < -0.3 is 20.7 Å². The largest absolute Gasteiger partial charge is 0.493 e. The Morgan fingerprint density at radius 2 is 1.80 bits per heavy atom. The Hall–Kier alpha value is -3.35. The first-order valence-corrected chi connectivity index (χ1v) is 10.1. The van der Waals surface area contributed by atoms with E-state index in [1.807, 2.05) is 30.3 Å². The Bertz CT molecular complexity index is 906. The number of carbonyl (C=O) groups excluding carboxylic acids is 3. The molecular weight excluding hydrogens is 382 g/mol. The molecule has 3 amide bonds. The fraction of sp³-hybridized carbons (Fsp3) is 0.348. The molecule has 0 unspecified atom stereocenters. The van der Waals surface area contributed by atoms with Crippen molar-refractivity contribution < 1.29 is 19.1 Å². The third-order valence-electron chi connectivity index (χ3n) is 5.31. The number of nitrogens with zero attached hydrogens (tertiary/aromatic N) is 1. The van der Waals surface area contributed by atoms with Gasteiger partial charge in [-0.05, 0) is 55.7 Å². The second-order valence-electron chi connectivity index (χ2n) is 7.45. The average molecular weight is 409 g/mol. The van der Waals surface area contributed by atoms with E-state index in [1.165, 1.54) is 0 Å². The normalized spacial score (nSPS) is 14.2. The van der Waals surface area contributed by atoms with Gasteiger partial charge in [0.1, 0.15) is 5.75 Å². The van der Waals surface area contributed by atoms with E-state index in [0.717, 1.165) is 11.3 Å². The molecule has 0 atom stereocenters. The lowest BCUT2D eigenvalue weighted by atomic mass is 9.95. The maximum atomic E-state index is 12.6. The number of rotatable bonds is 7. The number of ether oxygens (including phenoxy) is 1. The maximum Gasteiger partial charge on any atom is 0.248 e. The SMILES string of the molecule is Cc1cc(NC(=O)C2CCN(C(=O)CCOc3ccccc3)CC2)ccc1C(N)=O. The quantitative estimate of drug-likeness (QED) is 0.734. The summed E-state index contributed by atoms with van der Waals surface area (Å²) in [6.45, 7) is 3.23. The Morgan fingerprint density at radius 3 is 2.43 bits per heavy atom. The van der Waals surface area contributed by atoms with Gasteiger partial charge in [-0.15, -0.1) is 0 Å². The van der Waals surface area contributed by atoms with E-state index in [1.54, 1.807) is 30.0 Å². The number of benzene rings is 2. The topological polar surface area (TPSA) is 102 Å². The molecule has 7 nitrogen and oxygen atoms in total. The molecule has 0 radical (unpaired) electrons. The predicted molar refractivity (Wildman–Crippen MR) is 114 cm³/mol. The molecule has 158 valence electrons. The van der Waals surface area contributed by atoms with E-state index in [-0.39, 0.29) is 17.7 Å². The Balaban J connectivity index is 1.43. The lowest BCUT2D eigenvalue weighted by molar-refractivity contribution is -0.135. The number of aryl methyl sites for hydroxylation is 1. The summed E-state index contributed by atoms with van der Waals surface area (Å²) in [5.74, 6) is 0.0882. The molecule has 0 spiro atoms. The van der Waals surface area contributed by atoms with Crippen molar-refractivity contribution in [1.82, 2.24) is 4.90 Å². The summed E-state index contributed by atoms with van der Waals surface area (Å²) in [5, 5.41) is 2.90. The third-order valence-corrected chi connectivity index (χ3v) is 5.31. The highest BCUT2D eigenvalue weighted by Crippen LogP contribution is 2.21. The first-order chi connectivity index (χ1) is 14.4. The van der Waals surface area contributed by atoms with Gasteiger partial charge in [-0.25, -0.2) is 0 Å². The number of nitrogens with one attached hydrogen (secondary N) is 1. The van der Waals surface area contributed by atoms with Crippen LogP contribution >= 0.6 is 0 Å². The minimum absolute atomic E-state index is 0.0439. The van der Waals surface area contributed by atoms with Crippen molar-refractivity contribution in [2.24, 2.45) is 11.7 Å². The summed E-state index contributed by atoms with van der Waals surface area (Å²) < 4.78 is 5.59. The second kappa shape index (κ2) is 9.91. The van der Waals surface area contributed by atoms with E-state index in [0.29, 0.717) is 50.2 Å². The van der Waals surface area contributed by atoms with Crippen LogP contribution in [0.4, 0.5) is 5.69 Å². The highest BCUT2D eigenvalue weighted by molar-refractivity contribution is 5.96. The van der Waals surface area contributed by atoms with E-state index in [4.69, 9.17) is 10.5 Å². The van der Waals surface area contributed by atoms with Gasteiger partial charge in [-0.2, -0.15) is 0 Å². The number of hydrogen-bond donors (Lipinski definition) is 2. The molecule has 3 N–H and O–H groups in total. The Morgan fingerprint density at radius 1 is 1.10 bits per heavy atom. The average Bonchev–Trinajstić information content (AvgIpc) is 2.74. The molecular formula is C23H27N3O4. The van der Waals surface area contributed by atoms with Crippen LogP contribution < -0.4 is 15.8 Å². The minimum Gasteiger partial charge on any atom is -0.493 e. The van der Waals surface area contributed by atoms with E-state index >= 15 is 0 Å². The maximum absolute atomic E-state index is 12.6. The van der Waals surface area contributed by atoms with Gasteiger partial charge in [0.2, 0.25) is 17.7 Å². The molecule has 2 aromatic carbocycles. The molecule has 1 aliphatic rings. The number of piperidine rings is 1. The van der Waals surface area contributed by atoms with Gasteiger partial charge in [0, 0.05) is 30.3 Å². The zero-order chi connectivity index (χ0) is 21.5. The van der Waals surface area contributed by atoms with Crippen LogP contribution in [0.2, 0.25) is 0 Å². The van der Waals surface area contributed by atoms with Crippen LogP contribution in [0.15, 0.2) is 48.5 Å². The van der Waals surface area contributed by atoms with Gasteiger partial charge in [-0.3, -0.25) is 14.4 Å². The number of anilines is 1. The number of hydrogen-bond acceptors (Lipinski definition) is 4. The van der Waals surface area contributed by atoms with Crippen LogP contribution in [0.25, 0.3) is 0 Å². The van der Waals surface area contributed by atoms with Crippen LogP contribution in [-0.4, -0.2) is 42.3 Å². The van der Waals surface area contributed by atoms with Gasteiger partial charge in [-0.1, -0.05) is 18.2 Å². The third kappa shape index (κ3) is 5.59. The van der Waals surface area contributed by atoms with Crippen molar-refractivity contribution in [1.29, 1.82) is 0 Å². The number of carbonyl (C=O) groups is 3. The van der Waals surface area contributed by atoms with Crippen molar-refractivity contribution >= 4 is 23.4 Å². The van der Waals surface area contributed by atoms with Crippen LogP contribution in [0.3, 0.4) is 0 Å². The van der Waals surface area contributed by atoms with Crippen molar-refractivity contribution in [2.75, 3.05) is 25.0 Å². The molecule has 30 heavy (non-hydrogen) atoms. The van der Waals surface area contributed by atoms with Crippen molar-refractivity contribution in [3.63, 3.8) is 0 Å². The van der Waals surface area contributed by atoms with Gasteiger partial charge >= 0.3 is 0 Å². The Labute approximate surface area is 176 Å². The van der Waals surface area contributed by atoms with Gasteiger partial charge in [0.15, 0.2) is 0 Å². The summed E-state index contributed by atoms with van der Waals surface area (Å²) in [7, 11) is 0.